The van der Waals surface area contributed by atoms with Crippen LogP contribution in [0.3, 0.4) is 0 Å². The van der Waals surface area contributed by atoms with Crippen molar-refractivity contribution in [2.75, 3.05) is 72.5 Å². The highest BCUT2D eigenvalue weighted by atomic mass is 32.2. The van der Waals surface area contributed by atoms with Gasteiger partial charge in [0.1, 0.15) is 78.5 Å². The van der Waals surface area contributed by atoms with E-state index in [1.54, 1.807) is 135 Å². The fraction of sp³-hybridized carbons (Fsp3) is 0.495. The number of rotatable bonds is 27. The van der Waals surface area contributed by atoms with E-state index in [2.05, 4.69) is 73.4 Å². The highest BCUT2D eigenvalue weighted by Gasteiger charge is 2.45. The summed E-state index contributed by atoms with van der Waals surface area (Å²) >= 11 is 0.795. The third-order valence-electron chi connectivity index (χ3n) is 23.6. The van der Waals surface area contributed by atoms with Crippen molar-refractivity contribution in [3.8, 4) is 0 Å². The molecule has 2 aliphatic heterocycles. The first-order valence-electron chi connectivity index (χ1n) is 45.3. The number of aliphatic hydroxyl groups is 1. The lowest BCUT2D eigenvalue weighted by Crippen LogP contribution is -2.62. The maximum absolute atomic E-state index is 16.2. The van der Waals surface area contributed by atoms with Crippen LogP contribution in [0.2, 0.25) is 0 Å². The Balaban J connectivity index is 1.21. The van der Waals surface area contributed by atoms with Gasteiger partial charge in [-0.25, -0.2) is 4.98 Å². The van der Waals surface area contributed by atoms with Gasteiger partial charge in [-0.2, -0.15) is 0 Å². The van der Waals surface area contributed by atoms with E-state index in [1.165, 1.54) is 57.4 Å². The molecule has 2 aromatic heterocycles. The summed E-state index contributed by atoms with van der Waals surface area (Å²) in [4.78, 5) is 266. The third kappa shape index (κ3) is 31.4. The van der Waals surface area contributed by atoms with Gasteiger partial charge in [-0.3, -0.25) is 86.9 Å². The molecule has 42 heteroatoms. The molecule has 6 aromatic rings. The maximum atomic E-state index is 16.2. The number of imidazole rings is 1. The molecule has 0 bridgehead atoms. The molecule has 0 spiro atoms. The zero-order valence-corrected chi connectivity index (χ0v) is 78.4. The fourth-order valence-corrected chi connectivity index (χ4v) is 17.1. The van der Waals surface area contributed by atoms with Gasteiger partial charge in [0.25, 0.3) is 0 Å². The standard InChI is InChI=1S/C93H129N23O18S/c1-10-12-36-71-86(128)105-63(35-25-39-99-93(96)97)82(124)110-70(81(123)101-48-75(95)119)51-135-52-77(121)104-67(42-56-27-17-14-18-28-56)89(131)113(7)55(5)80(122)107-68(45-74(94)118)90(132)116-40-26-38-72(116)87(129)106-65(44-60-47-98-53-102-60)84(126)108-66(41-54(3)4)88(130)112(6)49-76(120)103-64(43-59-46-100-62-34-24-23-33-61(59)62)83(125)109-69(50-117)85(127)111-79(92(134)115(9)73(37-13-11-2)91(133)114(71)8)78(57-29-19-15-20-30-57)58-31-21-16-22-32-58/h14-24,27-34,46-47,53-55,63-73,78-79,100,117H,10-13,25-26,35-45,48-52H2,1-9H3,(H2,94,118)(H2,95,119)(H,98,102)(H,101,123)(H,103,120)(H,104,121)(H,105,128)(H,106,129)(H,107,122)(H,108,126)(H,109,125)(H,110,124)(H,111,127)(H4,96,97,99)/t55-,63-,64-,65-,66-,67-,68-,69-,70-,71-,72-,73-,79?/m0/s1. The zero-order chi connectivity index (χ0) is 98.7. The van der Waals surface area contributed by atoms with Crippen LogP contribution >= 0.6 is 11.8 Å². The second-order valence-corrected chi connectivity index (χ2v) is 35.3. The SMILES string of the molecule is CCCC[C@H]1C(=O)N(C)[C@@H](CCCC)C(=O)N[C@@H](CCCNC(=N)N)C(=O)N[C@H](C(=O)NCC(N)=O)CSCC(=O)N[C@@H](Cc2ccccc2)C(=O)N(C)[C@@H](C)C(=O)N[C@@H](CC(N)=O)C(=O)N2CCC[C@H]2C(=O)N[C@@H](Cc2cnc[nH]2)C(=O)N[C@@H](CC(C)C)C(=O)N(C)CC(=O)N[C@@H](Cc2c[nH]c3ccccc23)C(=O)N[C@@H](CO)C(=O)NC(C(c2ccccc2)c2ccccc2)C(=O)N1C. The molecular formula is C93H129N23O18S. The number of aliphatic hydroxyl groups excluding tert-OH is 1. The van der Waals surface area contributed by atoms with Crippen LogP contribution in [0.15, 0.2) is 134 Å². The lowest BCUT2D eigenvalue weighted by molar-refractivity contribution is -0.149. The van der Waals surface area contributed by atoms with E-state index in [4.69, 9.17) is 22.6 Å². The van der Waals surface area contributed by atoms with Crippen LogP contribution in [0.5, 0.6) is 0 Å². The number of guanidine groups is 1. The number of thioether (sulfide) groups is 1. The lowest BCUT2D eigenvalue weighted by atomic mass is 9.83. The predicted molar refractivity (Wildman–Crippen MR) is 502 cm³/mol. The molecule has 730 valence electrons. The van der Waals surface area contributed by atoms with Crippen LogP contribution in [0.1, 0.15) is 146 Å². The number of para-hydroxylation sites is 1. The number of nitrogens with zero attached hydrogens (tertiary/aromatic N) is 6. The van der Waals surface area contributed by atoms with E-state index in [0.29, 0.717) is 64.5 Å². The Morgan fingerprint density at radius 1 is 0.548 bits per heavy atom. The maximum Gasteiger partial charge on any atom is 0.246 e. The molecule has 13 atom stereocenters. The second-order valence-electron chi connectivity index (χ2n) is 34.3. The van der Waals surface area contributed by atoms with Crippen molar-refractivity contribution >= 4 is 129 Å². The number of hydrogen-bond acceptors (Lipinski definition) is 21. The van der Waals surface area contributed by atoms with Crippen molar-refractivity contribution in [3.63, 3.8) is 0 Å². The number of aromatic amines is 2. The average Bonchev–Trinajstić information content (AvgIpc) is 1.50. The number of benzene rings is 4. The zero-order valence-electron chi connectivity index (χ0n) is 77.6. The summed E-state index contributed by atoms with van der Waals surface area (Å²) in [6, 6.07) is 12.8. The van der Waals surface area contributed by atoms with E-state index >= 15 is 28.8 Å². The highest BCUT2D eigenvalue weighted by Crippen LogP contribution is 2.32. The number of primary amides is 2. The number of carbonyl (C=O) groups is 17. The van der Waals surface area contributed by atoms with E-state index in [1.807, 2.05) is 13.8 Å². The number of hydrogen-bond donors (Lipinski definition) is 18. The number of nitrogens with one attached hydrogen (secondary N) is 14. The van der Waals surface area contributed by atoms with Gasteiger partial charge in [0, 0.05) is 101 Å². The molecular weight excluding hydrogens is 1760 g/mol. The summed E-state index contributed by atoms with van der Waals surface area (Å²) in [7, 11) is 5.27. The predicted octanol–water partition coefficient (Wildman–Crippen LogP) is -1.03. The van der Waals surface area contributed by atoms with Crippen LogP contribution in [-0.2, 0) is 101 Å². The Morgan fingerprint density at radius 3 is 1.73 bits per heavy atom. The molecule has 0 saturated carbocycles. The van der Waals surface area contributed by atoms with Crippen molar-refractivity contribution in [2.45, 2.75) is 215 Å². The van der Waals surface area contributed by atoms with Gasteiger partial charge in [0.15, 0.2) is 5.96 Å². The van der Waals surface area contributed by atoms with Gasteiger partial charge in [-0.1, -0.05) is 163 Å². The van der Waals surface area contributed by atoms with Gasteiger partial charge in [-0.05, 0) is 86.1 Å². The van der Waals surface area contributed by atoms with Gasteiger partial charge < -0.3 is 115 Å². The summed E-state index contributed by atoms with van der Waals surface area (Å²) in [6.07, 6.45) is 4.51. The Hall–Kier alpha value is -13.8. The molecule has 2 aliphatic rings. The molecule has 2 saturated heterocycles. The number of H-pyrrole nitrogens is 2. The van der Waals surface area contributed by atoms with E-state index in [-0.39, 0.29) is 83.2 Å². The minimum atomic E-state index is -1.89. The van der Waals surface area contributed by atoms with Crippen molar-refractivity contribution in [2.24, 2.45) is 23.1 Å². The van der Waals surface area contributed by atoms with Crippen molar-refractivity contribution in [1.82, 2.24) is 97.9 Å². The van der Waals surface area contributed by atoms with Gasteiger partial charge in [-0.15, -0.1) is 11.8 Å². The molecule has 0 aliphatic carbocycles. The molecule has 4 aromatic carbocycles. The van der Waals surface area contributed by atoms with E-state index < -0.39 is 228 Å². The number of unbranched alkanes of at least 4 members (excludes halogenated alkanes) is 2. The van der Waals surface area contributed by atoms with Gasteiger partial charge in [0.2, 0.25) is 100 Å². The number of aromatic nitrogens is 3. The lowest BCUT2D eigenvalue weighted by Gasteiger charge is -2.38. The molecule has 0 radical (unpaired) electrons. The summed E-state index contributed by atoms with van der Waals surface area (Å²) in [5.41, 5.74) is 19.9. The third-order valence-corrected chi connectivity index (χ3v) is 24.7. The largest absolute Gasteiger partial charge is 0.394 e. The molecule has 1 unspecified atom stereocenters. The number of carbonyl (C=O) groups excluding carboxylic acids is 17. The summed E-state index contributed by atoms with van der Waals surface area (Å²) < 4.78 is 0. The monoisotopic (exact) mass is 1890 g/mol. The van der Waals surface area contributed by atoms with E-state index in [0.717, 1.165) is 26.5 Å². The average molecular weight is 1890 g/mol. The summed E-state index contributed by atoms with van der Waals surface area (Å²) in [5, 5.41) is 49.2. The summed E-state index contributed by atoms with van der Waals surface area (Å²) in [6.45, 7) is 5.90. The van der Waals surface area contributed by atoms with Gasteiger partial charge >= 0.3 is 0 Å². The molecule has 4 heterocycles. The van der Waals surface area contributed by atoms with Crippen LogP contribution in [0, 0.1) is 11.3 Å². The smallest absolute Gasteiger partial charge is 0.246 e. The number of nitrogens with two attached hydrogens (primary N) is 3. The molecule has 17 amide bonds. The first-order valence-corrected chi connectivity index (χ1v) is 46.4. The second kappa shape index (κ2) is 52.6. The van der Waals surface area contributed by atoms with Crippen LogP contribution < -0.4 is 75.7 Å². The van der Waals surface area contributed by atoms with Crippen molar-refractivity contribution in [1.29, 1.82) is 5.41 Å². The molecule has 41 nitrogen and oxygen atoms in total. The Labute approximate surface area is 788 Å². The van der Waals surface area contributed by atoms with Crippen LogP contribution in [-0.4, -0.2) is 302 Å². The molecule has 135 heavy (non-hydrogen) atoms. The Kier molecular flexibility index (Phi) is 41.5. The van der Waals surface area contributed by atoms with Crippen LogP contribution in [0.4, 0.5) is 0 Å². The Morgan fingerprint density at radius 2 is 1.12 bits per heavy atom. The molecule has 2 fully saturated rings. The van der Waals surface area contributed by atoms with Crippen molar-refractivity contribution in [3.05, 3.63) is 162 Å². The summed E-state index contributed by atoms with van der Waals surface area (Å²) in [5.74, 6) is -18.3. The molecule has 8 rings (SSSR count). The number of likely N-dealkylation sites (N-methyl/N-ethyl adjacent to an activating group) is 4. The first kappa shape index (κ1) is 107. The minimum absolute atomic E-state index is 0.00342. The minimum Gasteiger partial charge on any atom is -0.394 e. The number of amides is 17. The topological polar surface area (TPSA) is 605 Å². The number of fused-ring (bicyclic) bond motifs is 2. The normalized spacial score (nSPS) is 23.2. The quantitative estimate of drug-likeness (QED) is 0.0167. The van der Waals surface area contributed by atoms with Crippen LogP contribution in [0.25, 0.3) is 10.9 Å². The first-order chi connectivity index (χ1) is 64.4. The molecule has 21 N–H and O–H groups in total. The van der Waals surface area contributed by atoms with Gasteiger partial charge in [0.05, 0.1) is 38.2 Å². The Bertz CT molecular complexity index is 5050. The van der Waals surface area contributed by atoms with Crippen molar-refractivity contribution < 1.29 is 86.6 Å². The fourth-order valence-electron chi connectivity index (χ4n) is 16.2. The van der Waals surface area contributed by atoms with E-state index in [9.17, 15) is 57.8 Å². The highest BCUT2D eigenvalue weighted by molar-refractivity contribution is 8.00.